The standard InChI is InChI=1S/C9H17N/c1-4-5-10-6-8(2)9(3)7-10/h4,8-9H,1,5-7H2,2-3H3. The molecule has 1 heterocycles. The van der Waals surface area contributed by atoms with Crippen molar-refractivity contribution in [1.29, 1.82) is 0 Å². The minimum atomic E-state index is 0.875. The third kappa shape index (κ3) is 1.60. The van der Waals surface area contributed by atoms with Crippen LogP contribution in [0.3, 0.4) is 0 Å². The maximum Gasteiger partial charge on any atom is 0.0160 e. The molecule has 1 fully saturated rings. The van der Waals surface area contributed by atoms with Gasteiger partial charge >= 0.3 is 0 Å². The molecule has 58 valence electrons. The third-order valence-electron chi connectivity index (χ3n) is 2.45. The summed E-state index contributed by atoms with van der Waals surface area (Å²) >= 11 is 0. The Labute approximate surface area is 63.7 Å². The van der Waals surface area contributed by atoms with E-state index in [1.807, 2.05) is 6.08 Å². The fourth-order valence-electron chi connectivity index (χ4n) is 1.58. The lowest BCUT2D eigenvalue weighted by Gasteiger charge is -2.10. The minimum Gasteiger partial charge on any atom is -0.299 e. The van der Waals surface area contributed by atoms with Crippen LogP contribution < -0.4 is 0 Å². The summed E-state index contributed by atoms with van der Waals surface area (Å²) in [6.07, 6.45) is 1.99. The van der Waals surface area contributed by atoms with Crippen molar-refractivity contribution < 1.29 is 0 Å². The second-order valence-electron chi connectivity index (χ2n) is 3.46. The van der Waals surface area contributed by atoms with Crippen molar-refractivity contribution in [2.45, 2.75) is 13.8 Å². The summed E-state index contributed by atoms with van der Waals surface area (Å²) < 4.78 is 0. The van der Waals surface area contributed by atoms with Crippen molar-refractivity contribution in [2.24, 2.45) is 11.8 Å². The molecule has 2 atom stereocenters. The quantitative estimate of drug-likeness (QED) is 0.527. The first-order chi connectivity index (χ1) is 4.74. The largest absolute Gasteiger partial charge is 0.299 e. The second kappa shape index (κ2) is 3.20. The van der Waals surface area contributed by atoms with Gasteiger partial charge in [0.15, 0.2) is 0 Å². The minimum absolute atomic E-state index is 0.875. The summed E-state index contributed by atoms with van der Waals surface area (Å²) in [6, 6.07) is 0. The highest BCUT2D eigenvalue weighted by Crippen LogP contribution is 2.21. The van der Waals surface area contributed by atoms with Crippen LogP contribution in [0.4, 0.5) is 0 Å². The lowest BCUT2D eigenvalue weighted by molar-refractivity contribution is 0.360. The fourth-order valence-corrected chi connectivity index (χ4v) is 1.58. The van der Waals surface area contributed by atoms with E-state index >= 15 is 0 Å². The predicted molar refractivity (Wildman–Crippen MR) is 45.0 cm³/mol. The van der Waals surface area contributed by atoms with Crippen molar-refractivity contribution in [3.05, 3.63) is 12.7 Å². The number of nitrogens with zero attached hydrogens (tertiary/aromatic N) is 1. The SMILES string of the molecule is C=CCN1CC(C)C(C)C1. The average Bonchev–Trinajstić information content (AvgIpc) is 2.14. The molecular weight excluding hydrogens is 122 g/mol. The van der Waals surface area contributed by atoms with Crippen LogP contribution >= 0.6 is 0 Å². The van der Waals surface area contributed by atoms with Crippen LogP contribution in [-0.2, 0) is 0 Å². The Morgan fingerprint density at radius 3 is 2.30 bits per heavy atom. The van der Waals surface area contributed by atoms with Crippen LogP contribution in [0.2, 0.25) is 0 Å². The topological polar surface area (TPSA) is 3.24 Å². The normalized spacial score (nSPS) is 34.6. The van der Waals surface area contributed by atoms with E-state index in [2.05, 4.69) is 25.3 Å². The molecule has 0 bridgehead atoms. The summed E-state index contributed by atoms with van der Waals surface area (Å²) in [6.45, 7) is 12.0. The van der Waals surface area contributed by atoms with Gasteiger partial charge in [0, 0.05) is 19.6 Å². The zero-order chi connectivity index (χ0) is 7.56. The van der Waals surface area contributed by atoms with Gasteiger partial charge in [-0.2, -0.15) is 0 Å². The van der Waals surface area contributed by atoms with E-state index in [0.717, 1.165) is 18.4 Å². The number of rotatable bonds is 2. The van der Waals surface area contributed by atoms with Crippen molar-refractivity contribution in [3.8, 4) is 0 Å². The van der Waals surface area contributed by atoms with Gasteiger partial charge in [0.25, 0.3) is 0 Å². The Morgan fingerprint density at radius 2 is 1.90 bits per heavy atom. The number of hydrogen-bond acceptors (Lipinski definition) is 1. The highest BCUT2D eigenvalue weighted by Gasteiger charge is 2.24. The maximum absolute atomic E-state index is 3.73. The maximum atomic E-state index is 3.73. The summed E-state index contributed by atoms with van der Waals surface area (Å²) in [7, 11) is 0. The van der Waals surface area contributed by atoms with Gasteiger partial charge in [-0.15, -0.1) is 6.58 Å². The molecule has 0 aromatic heterocycles. The van der Waals surface area contributed by atoms with Gasteiger partial charge < -0.3 is 0 Å². The van der Waals surface area contributed by atoms with Crippen molar-refractivity contribution >= 4 is 0 Å². The summed E-state index contributed by atoms with van der Waals surface area (Å²) in [5.74, 6) is 1.75. The molecule has 1 saturated heterocycles. The van der Waals surface area contributed by atoms with E-state index in [9.17, 15) is 0 Å². The Bertz CT molecular complexity index is 110. The molecule has 0 aliphatic carbocycles. The van der Waals surface area contributed by atoms with E-state index < -0.39 is 0 Å². The van der Waals surface area contributed by atoms with E-state index in [1.54, 1.807) is 0 Å². The summed E-state index contributed by atoms with van der Waals surface area (Å²) in [5.41, 5.74) is 0. The average molecular weight is 139 g/mol. The first kappa shape index (κ1) is 7.80. The molecule has 0 saturated carbocycles. The molecule has 1 heteroatoms. The molecule has 0 aromatic rings. The lowest BCUT2D eigenvalue weighted by Crippen LogP contribution is -2.20. The molecule has 1 rings (SSSR count). The zero-order valence-corrected chi connectivity index (χ0v) is 7.01. The van der Waals surface area contributed by atoms with Gasteiger partial charge in [-0.1, -0.05) is 19.9 Å². The Hall–Kier alpha value is -0.300. The van der Waals surface area contributed by atoms with Crippen LogP contribution in [0, 0.1) is 11.8 Å². The van der Waals surface area contributed by atoms with E-state index in [-0.39, 0.29) is 0 Å². The van der Waals surface area contributed by atoms with Gasteiger partial charge in [0.1, 0.15) is 0 Å². The molecule has 2 unspecified atom stereocenters. The zero-order valence-electron chi connectivity index (χ0n) is 7.01. The molecule has 0 N–H and O–H groups in total. The smallest absolute Gasteiger partial charge is 0.0160 e. The third-order valence-corrected chi connectivity index (χ3v) is 2.45. The number of hydrogen-bond donors (Lipinski definition) is 0. The summed E-state index contributed by atoms with van der Waals surface area (Å²) in [5, 5.41) is 0. The van der Waals surface area contributed by atoms with Crippen molar-refractivity contribution in [1.82, 2.24) is 4.90 Å². The van der Waals surface area contributed by atoms with Gasteiger partial charge in [0.05, 0.1) is 0 Å². The first-order valence-corrected chi connectivity index (χ1v) is 4.07. The molecule has 1 aliphatic rings. The Morgan fingerprint density at radius 1 is 1.40 bits per heavy atom. The monoisotopic (exact) mass is 139 g/mol. The van der Waals surface area contributed by atoms with Crippen molar-refractivity contribution in [2.75, 3.05) is 19.6 Å². The van der Waals surface area contributed by atoms with E-state index in [4.69, 9.17) is 0 Å². The predicted octanol–water partition coefficient (Wildman–Crippen LogP) is 1.76. The molecule has 10 heavy (non-hydrogen) atoms. The molecule has 0 aromatic carbocycles. The van der Waals surface area contributed by atoms with Crippen LogP contribution in [0.5, 0.6) is 0 Å². The van der Waals surface area contributed by atoms with Crippen LogP contribution in [-0.4, -0.2) is 24.5 Å². The lowest BCUT2D eigenvalue weighted by atomic mass is 10.0. The van der Waals surface area contributed by atoms with E-state index in [1.165, 1.54) is 13.1 Å². The Balaban J connectivity index is 2.33. The van der Waals surface area contributed by atoms with Crippen LogP contribution in [0.1, 0.15) is 13.8 Å². The Kier molecular flexibility index (Phi) is 2.50. The van der Waals surface area contributed by atoms with Gasteiger partial charge in [-0.3, -0.25) is 4.90 Å². The number of likely N-dealkylation sites (tertiary alicyclic amines) is 1. The highest BCUT2D eigenvalue weighted by atomic mass is 15.1. The highest BCUT2D eigenvalue weighted by molar-refractivity contribution is 4.83. The molecule has 0 amide bonds. The molecule has 0 radical (unpaired) electrons. The van der Waals surface area contributed by atoms with E-state index in [0.29, 0.717) is 0 Å². The fraction of sp³-hybridized carbons (Fsp3) is 0.778. The van der Waals surface area contributed by atoms with Gasteiger partial charge in [-0.25, -0.2) is 0 Å². The summed E-state index contributed by atoms with van der Waals surface area (Å²) in [4.78, 5) is 2.46. The molecule has 0 spiro atoms. The van der Waals surface area contributed by atoms with Crippen molar-refractivity contribution in [3.63, 3.8) is 0 Å². The van der Waals surface area contributed by atoms with Crippen LogP contribution in [0.15, 0.2) is 12.7 Å². The van der Waals surface area contributed by atoms with Gasteiger partial charge in [0.2, 0.25) is 0 Å². The molecule has 1 nitrogen and oxygen atoms in total. The van der Waals surface area contributed by atoms with Gasteiger partial charge in [-0.05, 0) is 11.8 Å². The first-order valence-electron chi connectivity index (χ1n) is 4.07. The second-order valence-corrected chi connectivity index (χ2v) is 3.46. The molecule has 1 aliphatic heterocycles. The molecular formula is C9H17N. The van der Waals surface area contributed by atoms with Crippen LogP contribution in [0.25, 0.3) is 0 Å².